The first-order valence-corrected chi connectivity index (χ1v) is 14.1. The summed E-state index contributed by atoms with van der Waals surface area (Å²) >= 11 is 1.45. The molecule has 5 rings (SSSR count). The van der Waals surface area contributed by atoms with Gasteiger partial charge >= 0.3 is 0 Å². The van der Waals surface area contributed by atoms with Gasteiger partial charge in [0.2, 0.25) is 0 Å². The lowest BCUT2D eigenvalue weighted by Gasteiger charge is -2.60. The molecule has 1 N–H and O–H groups in total. The van der Waals surface area contributed by atoms with Gasteiger partial charge in [-0.15, -0.1) is 0 Å². The molecule has 1 aromatic heterocycles. The standard InChI is InChI=1S/C29H39N3O2S/c1-17-12-20-6-7-21-22-8-9-23(25(34)16-35-27-31-11-10-18(2)32-27)29(22,4)14-24(33)26(21)28(20,3)13-19(17)15-30-5/h10-12,15,21-24,26,33H,6-9,13-14,16H2,1-5H3. The second-order valence-electron chi connectivity index (χ2n) is 11.8. The lowest BCUT2D eigenvalue weighted by molar-refractivity contribution is -0.140. The topological polar surface area (TPSA) is 75.4 Å². The van der Waals surface area contributed by atoms with Gasteiger partial charge in [-0.2, -0.15) is 0 Å². The molecule has 4 aliphatic rings. The van der Waals surface area contributed by atoms with Gasteiger partial charge in [0.25, 0.3) is 0 Å². The summed E-state index contributed by atoms with van der Waals surface area (Å²) in [6, 6.07) is 1.88. The molecule has 4 aliphatic carbocycles. The molecule has 3 fully saturated rings. The molecule has 1 heterocycles. The first-order valence-electron chi connectivity index (χ1n) is 13.1. The van der Waals surface area contributed by atoms with Gasteiger partial charge in [0.15, 0.2) is 5.16 Å². The summed E-state index contributed by atoms with van der Waals surface area (Å²) in [6.45, 7) is 8.82. The number of ketones is 1. The van der Waals surface area contributed by atoms with Gasteiger partial charge in [-0.1, -0.05) is 37.3 Å². The number of carbonyl (C=O) groups is 1. The minimum atomic E-state index is -0.380. The van der Waals surface area contributed by atoms with E-state index in [1.165, 1.54) is 28.5 Å². The Morgan fingerprint density at radius 1 is 1.29 bits per heavy atom. The smallest absolute Gasteiger partial charge is 0.188 e. The van der Waals surface area contributed by atoms with Gasteiger partial charge in [0, 0.05) is 31.1 Å². The number of allylic oxidation sites excluding steroid dienone is 4. The van der Waals surface area contributed by atoms with Crippen molar-refractivity contribution in [2.45, 2.75) is 77.5 Å². The number of aliphatic hydroxyl groups excluding tert-OH is 1. The number of aromatic nitrogens is 2. The lowest BCUT2D eigenvalue weighted by Crippen LogP contribution is -2.57. The Bertz CT molecular complexity index is 1110. The van der Waals surface area contributed by atoms with Crippen molar-refractivity contribution >= 4 is 23.8 Å². The molecule has 3 saturated carbocycles. The van der Waals surface area contributed by atoms with Crippen molar-refractivity contribution < 1.29 is 9.90 Å². The Hall–Kier alpha value is -1.79. The summed E-state index contributed by atoms with van der Waals surface area (Å²) in [5, 5.41) is 12.4. The van der Waals surface area contributed by atoms with Crippen LogP contribution in [0, 0.1) is 41.4 Å². The second kappa shape index (κ2) is 9.26. The van der Waals surface area contributed by atoms with Crippen LogP contribution in [0.1, 0.15) is 65.0 Å². The summed E-state index contributed by atoms with van der Waals surface area (Å²) in [7, 11) is 1.84. The highest BCUT2D eigenvalue weighted by atomic mass is 32.2. The van der Waals surface area contributed by atoms with Crippen molar-refractivity contribution in [3.05, 3.63) is 40.8 Å². The second-order valence-corrected chi connectivity index (χ2v) is 12.8. The fraction of sp³-hybridized carbons (Fsp3) is 0.655. The van der Waals surface area contributed by atoms with Crippen molar-refractivity contribution in [2.75, 3.05) is 12.8 Å². The normalized spacial score (nSPS) is 38.7. The van der Waals surface area contributed by atoms with Crippen LogP contribution in [0.2, 0.25) is 0 Å². The zero-order valence-electron chi connectivity index (χ0n) is 21.8. The fourth-order valence-corrected chi connectivity index (χ4v) is 9.21. The van der Waals surface area contributed by atoms with Crippen molar-refractivity contribution in [1.29, 1.82) is 0 Å². The third-order valence-electron chi connectivity index (χ3n) is 9.91. The molecule has 0 aromatic carbocycles. The third kappa shape index (κ3) is 4.15. The van der Waals surface area contributed by atoms with Gasteiger partial charge < -0.3 is 5.11 Å². The minimum Gasteiger partial charge on any atom is -0.393 e. The predicted molar refractivity (Wildman–Crippen MR) is 142 cm³/mol. The highest BCUT2D eigenvalue weighted by Gasteiger charge is 2.62. The van der Waals surface area contributed by atoms with Gasteiger partial charge in [0.05, 0.1) is 11.9 Å². The molecular weight excluding hydrogens is 454 g/mol. The number of aliphatic hydroxyl groups is 1. The number of nitrogens with zero attached hydrogens (tertiary/aromatic N) is 3. The minimum absolute atomic E-state index is 0.0152. The highest BCUT2D eigenvalue weighted by molar-refractivity contribution is 7.99. The van der Waals surface area contributed by atoms with E-state index in [0.717, 1.165) is 44.2 Å². The van der Waals surface area contributed by atoms with Crippen LogP contribution in [-0.4, -0.2) is 46.0 Å². The van der Waals surface area contributed by atoms with Gasteiger partial charge in [-0.25, -0.2) is 9.97 Å². The molecule has 6 heteroatoms. The molecule has 0 aliphatic heterocycles. The monoisotopic (exact) mass is 493 g/mol. The zero-order chi connectivity index (χ0) is 25.0. The molecule has 188 valence electrons. The van der Waals surface area contributed by atoms with E-state index in [1.54, 1.807) is 6.20 Å². The molecule has 0 bridgehead atoms. The summed E-state index contributed by atoms with van der Waals surface area (Å²) in [6.07, 6.45) is 11.7. The fourth-order valence-electron chi connectivity index (χ4n) is 8.40. The van der Waals surface area contributed by atoms with E-state index in [-0.39, 0.29) is 28.8 Å². The summed E-state index contributed by atoms with van der Waals surface area (Å²) in [4.78, 5) is 26.6. The molecule has 0 saturated heterocycles. The first-order chi connectivity index (χ1) is 16.7. The van der Waals surface area contributed by atoms with Crippen LogP contribution >= 0.6 is 11.8 Å². The van der Waals surface area contributed by atoms with E-state index in [0.29, 0.717) is 28.5 Å². The molecular formula is C29H39N3O2S. The molecule has 0 radical (unpaired) electrons. The number of aliphatic imine (C=N–C) groups is 1. The lowest BCUT2D eigenvalue weighted by atomic mass is 9.45. The summed E-state index contributed by atoms with van der Waals surface area (Å²) < 4.78 is 0. The van der Waals surface area contributed by atoms with Crippen molar-refractivity contribution in [3.8, 4) is 0 Å². The van der Waals surface area contributed by atoms with Crippen molar-refractivity contribution in [3.63, 3.8) is 0 Å². The Labute approximate surface area is 214 Å². The average molecular weight is 494 g/mol. The van der Waals surface area contributed by atoms with Crippen molar-refractivity contribution in [2.24, 2.45) is 39.5 Å². The van der Waals surface area contributed by atoms with Gasteiger partial charge in [-0.05, 0) is 98.2 Å². The predicted octanol–water partition coefficient (Wildman–Crippen LogP) is 5.62. The molecule has 0 spiro atoms. The van der Waals surface area contributed by atoms with E-state index in [1.807, 2.05) is 26.3 Å². The molecule has 7 atom stereocenters. The number of fused-ring (bicyclic) bond motifs is 5. The Kier molecular flexibility index (Phi) is 6.58. The van der Waals surface area contributed by atoms with Crippen molar-refractivity contribution in [1.82, 2.24) is 9.97 Å². The Morgan fingerprint density at radius 2 is 2.09 bits per heavy atom. The average Bonchev–Trinajstić information content (AvgIpc) is 3.15. The number of aryl methyl sites for hydroxylation is 1. The number of hydrogen-bond donors (Lipinski definition) is 1. The van der Waals surface area contributed by atoms with Crippen LogP contribution in [0.4, 0.5) is 0 Å². The molecule has 7 unspecified atom stereocenters. The quantitative estimate of drug-likeness (QED) is 0.327. The maximum atomic E-state index is 13.5. The van der Waals surface area contributed by atoms with Crippen LogP contribution in [-0.2, 0) is 4.79 Å². The number of thioether (sulfide) groups is 1. The summed E-state index contributed by atoms with van der Waals surface area (Å²) in [5.74, 6) is 1.94. The number of hydrogen-bond acceptors (Lipinski definition) is 6. The largest absolute Gasteiger partial charge is 0.393 e. The summed E-state index contributed by atoms with van der Waals surface area (Å²) in [5.41, 5.74) is 4.89. The number of rotatable bonds is 5. The van der Waals surface area contributed by atoms with Gasteiger partial charge in [-0.3, -0.25) is 9.79 Å². The Balaban J connectivity index is 1.36. The van der Waals surface area contributed by atoms with E-state index in [4.69, 9.17) is 0 Å². The Morgan fingerprint density at radius 3 is 2.83 bits per heavy atom. The SMILES string of the molecule is CN=CC1=C(C)C=C2CCC3C(C(O)CC4(C)C(C(=O)CSc5nccc(C)n5)CCC34)C2(C)C1. The zero-order valence-corrected chi connectivity index (χ0v) is 22.6. The first kappa shape index (κ1) is 24.9. The van der Waals surface area contributed by atoms with Crippen LogP contribution in [0.3, 0.4) is 0 Å². The van der Waals surface area contributed by atoms with Crippen LogP contribution < -0.4 is 0 Å². The molecule has 35 heavy (non-hydrogen) atoms. The number of Topliss-reactive ketones (excluding diaryl/α,β-unsaturated/α-hetero) is 1. The maximum absolute atomic E-state index is 13.5. The molecule has 5 nitrogen and oxygen atoms in total. The van der Waals surface area contributed by atoms with Crippen LogP contribution in [0.5, 0.6) is 0 Å². The van der Waals surface area contributed by atoms with E-state index < -0.39 is 0 Å². The maximum Gasteiger partial charge on any atom is 0.188 e. The molecule has 1 aromatic rings. The van der Waals surface area contributed by atoms with Gasteiger partial charge in [0.1, 0.15) is 5.78 Å². The number of carbonyl (C=O) groups excluding carboxylic acids is 1. The van der Waals surface area contributed by atoms with E-state index in [9.17, 15) is 9.90 Å². The molecule has 0 amide bonds. The third-order valence-corrected chi connectivity index (χ3v) is 10.8. The van der Waals surface area contributed by atoms with Crippen LogP contribution in [0.15, 0.2) is 45.2 Å². The van der Waals surface area contributed by atoms with E-state index in [2.05, 4.69) is 41.8 Å². The van der Waals surface area contributed by atoms with E-state index >= 15 is 0 Å². The van der Waals surface area contributed by atoms with Crippen LogP contribution in [0.25, 0.3) is 0 Å². The highest BCUT2D eigenvalue weighted by Crippen LogP contribution is 2.67.